The van der Waals surface area contributed by atoms with Gasteiger partial charge in [-0.15, -0.1) is 22.7 Å². The van der Waals surface area contributed by atoms with Crippen molar-refractivity contribution in [3.63, 3.8) is 0 Å². The van der Waals surface area contributed by atoms with Gasteiger partial charge in [-0.1, -0.05) is 249 Å². The minimum atomic E-state index is 1.15. The molecule has 0 N–H and O–H groups in total. The maximum atomic E-state index is 2.43. The molecule has 0 amide bonds. The Kier molecular flexibility index (Phi) is 15.3. The molecule has 0 atom stereocenters. The summed E-state index contributed by atoms with van der Waals surface area (Å²) in [5, 5.41) is 15.3. The number of para-hydroxylation sites is 4. The fourth-order valence-corrected chi connectivity index (χ4v) is 20.2. The van der Waals surface area contributed by atoms with Gasteiger partial charge in [0.05, 0.1) is 44.1 Å². The number of hydrogen-bond donors (Lipinski definition) is 0. The number of aromatic nitrogens is 4. The van der Waals surface area contributed by atoms with Crippen LogP contribution in [0.5, 0.6) is 0 Å². The van der Waals surface area contributed by atoms with E-state index in [0.29, 0.717) is 0 Å². The topological polar surface area (TPSA) is 19.7 Å². The highest BCUT2D eigenvalue weighted by molar-refractivity contribution is 7.26. The standard InChI is InChI=1S/2C54H34N2S/c1-3-11-35(12-4-1)36-19-25-42(26-20-36)56-51-29-23-38(37-22-28-50-46(31-37)43-15-7-9-17-49(43)55(50)41-13-5-2-6-14-41)32-47(51)48-33-39(24-30-52(48)56)40-21-27-45-44-16-8-10-18-53(44)57-54(45)34-40;1-3-11-35(12-4-1)36-19-25-42(26-20-36)56-51-28-22-38(37-21-27-50-45(31-37)43-15-7-9-17-49(43)55(50)41-13-5-2-6-14-41)32-46(51)47-33-39(23-29-52(47)56)40-24-30-54-48(34-40)44-16-8-10-18-53(44)57-54/h2*1-34H. The molecule has 0 spiro atoms. The summed E-state index contributed by atoms with van der Waals surface area (Å²) in [5.41, 5.74) is 28.9. The molecule has 0 radical (unpaired) electrons. The lowest BCUT2D eigenvalue weighted by Crippen LogP contribution is -1.94. The summed E-state index contributed by atoms with van der Waals surface area (Å²) >= 11 is 3.74. The molecule has 24 aromatic rings. The lowest BCUT2D eigenvalue weighted by Gasteiger charge is -2.10. The van der Waals surface area contributed by atoms with E-state index in [1.807, 2.05) is 22.7 Å². The Balaban J connectivity index is 0.000000135. The van der Waals surface area contributed by atoms with E-state index in [4.69, 9.17) is 0 Å². The van der Waals surface area contributed by atoms with E-state index in [2.05, 4.69) is 431 Å². The lowest BCUT2D eigenvalue weighted by atomic mass is 9.98. The van der Waals surface area contributed by atoms with Crippen molar-refractivity contribution in [2.45, 2.75) is 0 Å². The smallest absolute Gasteiger partial charge is 0.0541 e. The summed E-state index contributed by atoms with van der Waals surface area (Å²) in [4.78, 5) is 0. The number of fused-ring (bicyclic) bond motifs is 18. The lowest BCUT2D eigenvalue weighted by molar-refractivity contribution is 1.18. The van der Waals surface area contributed by atoms with Gasteiger partial charge < -0.3 is 18.3 Å². The van der Waals surface area contributed by atoms with Gasteiger partial charge >= 0.3 is 0 Å². The highest BCUT2D eigenvalue weighted by atomic mass is 32.1. The number of nitrogens with zero attached hydrogens (tertiary/aromatic N) is 4. The molecule has 18 aromatic carbocycles. The van der Waals surface area contributed by atoms with Crippen molar-refractivity contribution in [3.05, 3.63) is 413 Å². The zero-order valence-corrected chi connectivity index (χ0v) is 63.5. The molecule has 0 aliphatic heterocycles. The second-order valence-electron chi connectivity index (χ2n) is 29.9. The van der Waals surface area contributed by atoms with Gasteiger partial charge in [0.1, 0.15) is 0 Å². The van der Waals surface area contributed by atoms with Crippen LogP contribution in [-0.2, 0) is 0 Å². The zero-order chi connectivity index (χ0) is 74.9. The molecule has 532 valence electrons. The molecular weight excluding hydrogens is 1420 g/mol. The number of rotatable bonds is 10. The molecule has 0 unspecified atom stereocenters. The van der Waals surface area contributed by atoms with Gasteiger partial charge in [-0.2, -0.15) is 0 Å². The van der Waals surface area contributed by atoms with Gasteiger partial charge in [0.2, 0.25) is 0 Å². The van der Waals surface area contributed by atoms with Crippen molar-refractivity contribution < 1.29 is 0 Å². The predicted molar refractivity (Wildman–Crippen MR) is 489 cm³/mol. The van der Waals surface area contributed by atoms with Crippen molar-refractivity contribution in [1.82, 2.24) is 18.3 Å². The van der Waals surface area contributed by atoms with Gasteiger partial charge in [-0.05, 0) is 231 Å². The molecular formula is C108H68N4S2. The van der Waals surface area contributed by atoms with Gasteiger partial charge in [0.15, 0.2) is 0 Å². The Morgan fingerprint density at radius 2 is 0.351 bits per heavy atom. The molecule has 114 heavy (non-hydrogen) atoms. The molecule has 6 heterocycles. The fraction of sp³-hybridized carbons (Fsp3) is 0. The summed E-state index contributed by atoms with van der Waals surface area (Å²) in [7, 11) is 0. The summed E-state index contributed by atoms with van der Waals surface area (Å²) in [6.07, 6.45) is 0. The molecule has 0 aliphatic rings. The third-order valence-electron chi connectivity index (χ3n) is 23.5. The maximum Gasteiger partial charge on any atom is 0.0541 e. The van der Waals surface area contributed by atoms with Crippen LogP contribution in [0.1, 0.15) is 0 Å². The van der Waals surface area contributed by atoms with Crippen molar-refractivity contribution in [2.24, 2.45) is 0 Å². The Labute approximate surface area is 665 Å². The molecule has 6 heteroatoms. The van der Waals surface area contributed by atoms with Gasteiger partial charge in [-0.3, -0.25) is 0 Å². The molecule has 0 saturated carbocycles. The van der Waals surface area contributed by atoms with Crippen LogP contribution in [0.3, 0.4) is 0 Å². The summed E-state index contributed by atoms with van der Waals surface area (Å²) in [6.45, 7) is 0. The van der Waals surface area contributed by atoms with Crippen LogP contribution in [0.2, 0.25) is 0 Å². The van der Waals surface area contributed by atoms with E-state index in [1.54, 1.807) is 0 Å². The first-order valence-electron chi connectivity index (χ1n) is 39.0. The van der Waals surface area contributed by atoms with Crippen LogP contribution in [-0.4, -0.2) is 18.3 Å². The highest BCUT2D eigenvalue weighted by Gasteiger charge is 2.22. The monoisotopic (exact) mass is 1480 g/mol. The normalized spacial score (nSPS) is 11.9. The van der Waals surface area contributed by atoms with Crippen LogP contribution < -0.4 is 0 Å². The average molecular weight is 1490 g/mol. The second kappa shape index (κ2) is 26.7. The van der Waals surface area contributed by atoms with Gasteiger partial charge in [0.25, 0.3) is 0 Å². The van der Waals surface area contributed by atoms with E-state index in [-0.39, 0.29) is 0 Å². The first-order chi connectivity index (χ1) is 56.5. The Morgan fingerprint density at radius 3 is 0.737 bits per heavy atom. The minimum absolute atomic E-state index is 1.15. The number of thiophene rings is 2. The average Bonchev–Trinajstić information content (AvgIpc) is 1.58. The van der Waals surface area contributed by atoms with Crippen molar-refractivity contribution in [1.29, 1.82) is 0 Å². The molecule has 24 rings (SSSR count). The molecule has 0 aliphatic carbocycles. The van der Waals surface area contributed by atoms with Gasteiger partial charge in [0, 0.05) is 106 Å². The first kappa shape index (κ1) is 65.5. The third kappa shape index (κ3) is 10.9. The highest BCUT2D eigenvalue weighted by Crippen LogP contribution is 2.46. The maximum absolute atomic E-state index is 2.43. The molecule has 0 bridgehead atoms. The summed E-state index contributed by atoms with van der Waals surface area (Å²) in [5.74, 6) is 0. The SMILES string of the molecule is c1ccc(-c2ccc(-n3c4ccc(-c5ccc6c(c5)sc5ccccc56)cc4c4cc(-c5ccc6c(c5)c5ccccc5n6-c5ccccc5)ccc43)cc2)cc1.c1ccc(-c2ccc(-n3c4ccc(-c5ccc6sc7ccccc7c6c5)cc4c4cc(-c5ccc6c(c5)c5ccccc5n6-c5ccccc5)ccc43)cc2)cc1. The third-order valence-corrected chi connectivity index (χ3v) is 25.7. The van der Waals surface area contributed by atoms with E-state index in [1.165, 1.54) is 206 Å². The van der Waals surface area contributed by atoms with E-state index in [9.17, 15) is 0 Å². The molecule has 0 fully saturated rings. The molecule has 0 saturated heterocycles. The molecule has 4 nitrogen and oxygen atoms in total. The van der Waals surface area contributed by atoms with Crippen LogP contribution in [0.4, 0.5) is 0 Å². The van der Waals surface area contributed by atoms with Crippen molar-refractivity contribution in [3.8, 4) is 89.5 Å². The van der Waals surface area contributed by atoms with E-state index in [0.717, 1.165) is 11.4 Å². The van der Waals surface area contributed by atoms with Crippen LogP contribution in [0, 0.1) is 0 Å². The zero-order valence-electron chi connectivity index (χ0n) is 61.9. The van der Waals surface area contributed by atoms with Gasteiger partial charge in [-0.25, -0.2) is 0 Å². The predicted octanol–water partition coefficient (Wildman–Crippen LogP) is 30.5. The Bertz CT molecular complexity index is 7930. The van der Waals surface area contributed by atoms with Crippen LogP contribution in [0.15, 0.2) is 413 Å². The quantitative estimate of drug-likeness (QED) is 0.130. The van der Waals surface area contributed by atoms with Crippen molar-refractivity contribution >= 4 is 150 Å². The fourth-order valence-electron chi connectivity index (χ4n) is 18.0. The Morgan fingerprint density at radius 1 is 0.123 bits per heavy atom. The summed E-state index contributed by atoms with van der Waals surface area (Å²) < 4.78 is 14.9. The van der Waals surface area contributed by atoms with Crippen molar-refractivity contribution in [2.75, 3.05) is 0 Å². The van der Waals surface area contributed by atoms with E-state index < -0.39 is 0 Å². The molecule has 6 aromatic heterocycles. The van der Waals surface area contributed by atoms with Crippen LogP contribution in [0.25, 0.3) is 217 Å². The van der Waals surface area contributed by atoms with E-state index >= 15 is 0 Å². The second-order valence-corrected chi connectivity index (χ2v) is 32.1. The Hall–Kier alpha value is -14.4. The van der Waals surface area contributed by atoms with Crippen LogP contribution >= 0.6 is 22.7 Å². The largest absolute Gasteiger partial charge is 0.309 e. The minimum Gasteiger partial charge on any atom is -0.309 e. The summed E-state index contributed by atoms with van der Waals surface area (Å²) in [6, 6.07) is 151. The number of hydrogen-bond acceptors (Lipinski definition) is 2. The first-order valence-corrected chi connectivity index (χ1v) is 40.6. The number of benzene rings is 18.